The first-order chi connectivity index (χ1) is 20.4. The second kappa shape index (κ2) is 14.8. The Morgan fingerprint density at radius 3 is 2.62 bits per heavy atom. The molecule has 0 radical (unpaired) electrons. The molecule has 0 saturated heterocycles. The summed E-state index contributed by atoms with van der Waals surface area (Å²) in [7, 11) is 1.62. The summed E-state index contributed by atoms with van der Waals surface area (Å²) in [5.74, 6) is 0.105. The fourth-order valence-electron chi connectivity index (χ4n) is 4.59. The minimum atomic E-state index is -0.409. The number of nitrogens with one attached hydrogen (secondary N) is 2. The number of carbonyl (C=O) groups excluding carboxylic acids is 3. The normalized spacial score (nSPS) is 13.4. The number of fused-ring (bicyclic) bond motifs is 1. The molecule has 2 heterocycles. The van der Waals surface area contributed by atoms with Crippen LogP contribution in [0.4, 0.5) is 17.1 Å². The van der Waals surface area contributed by atoms with Crippen molar-refractivity contribution < 1.29 is 23.5 Å². The highest BCUT2D eigenvalue weighted by Gasteiger charge is 2.32. The van der Waals surface area contributed by atoms with E-state index < -0.39 is 5.91 Å². The predicted molar refractivity (Wildman–Crippen MR) is 165 cm³/mol. The van der Waals surface area contributed by atoms with Crippen molar-refractivity contribution in [3.8, 4) is 5.75 Å². The minimum absolute atomic E-state index is 0.0516. The summed E-state index contributed by atoms with van der Waals surface area (Å²) in [6.07, 6.45) is 7.39. The van der Waals surface area contributed by atoms with Gasteiger partial charge in [-0.3, -0.25) is 24.3 Å². The van der Waals surface area contributed by atoms with E-state index in [2.05, 4.69) is 15.6 Å². The van der Waals surface area contributed by atoms with Gasteiger partial charge in [-0.2, -0.15) is 0 Å². The monoisotopic (exact) mass is 571 g/mol. The van der Waals surface area contributed by atoms with E-state index in [1.54, 1.807) is 42.3 Å². The Hall–Kier alpha value is -4.70. The Morgan fingerprint density at radius 2 is 1.93 bits per heavy atom. The molecule has 0 atom stereocenters. The summed E-state index contributed by atoms with van der Waals surface area (Å²) in [6.45, 7) is 4.91. The maximum Gasteiger partial charge on any atom is 0.291 e. The maximum absolute atomic E-state index is 13.4. The topological polar surface area (TPSA) is 116 Å². The van der Waals surface area contributed by atoms with Gasteiger partial charge in [0.25, 0.3) is 5.91 Å². The van der Waals surface area contributed by atoms with Crippen LogP contribution in [0.25, 0.3) is 0 Å². The Morgan fingerprint density at radius 1 is 1.12 bits per heavy atom. The largest absolute Gasteiger partial charge is 0.497 e. The van der Waals surface area contributed by atoms with Crippen molar-refractivity contribution >= 4 is 41.0 Å². The van der Waals surface area contributed by atoms with Crippen LogP contribution in [-0.2, 0) is 16.0 Å². The van der Waals surface area contributed by atoms with E-state index in [1.807, 2.05) is 50.4 Å². The smallest absolute Gasteiger partial charge is 0.291 e. The first-order valence-corrected chi connectivity index (χ1v) is 14.0. The van der Waals surface area contributed by atoms with Crippen LogP contribution in [0.5, 0.6) is 5.75 Å². The maximum atomic E-state index is 13.4. The zero-order valence-electron chi connectivity index (χ0n) is 24.3. The van der Waals surface area contributed by atoms with Gasteiger partial charge in [0.1, 0.15) is 12.3 Å². The number of allylic oxidation sites excluding steroid dienone is 1. The Labute approximate surface area is 246 Å². The van der Waals surface area contributed by atoms with Gasteiger partial charge in [0.05, 0.1) is 31.3 Å². The SMILES string of the molecule is C/C=C(/CCNCC(=O)N1CC(=O)N(CCc2ccc(OC)cc2)c2ccc(NC(=O)c3ccco3)cc21)N=CCC. The van der Waals surface area contributed by atoms with Gasteiger partial charge in [0, 0.05) is 37.1 Å². The molecule has 3 aromatic rings. The molecule has 0 unspecified atom stereocenters. The first-order valence-electron chi connectivity index (χ1n) is 14.0. The molecule has 0 aliphatic carbocycles. The first kappa shape index (κ1) is 30.3. The number of hydrogen-bond acceptors (Lipinski definition) is 7. The van der Waals surface area contributed by atoms with Crippen LogP contribution in [0.15, 0.2) is 82.0 Å². The van der Waals surface area contributed by atoms with Crippen molar-refractivity contribution in [1.82, 2.24) is 5.32 Å². The standard InChI is InChI=1S/C32H37N5O5/c1-4-16-34-24(5-2)14-17-33-21-30(38)37-22-31(39)36(18-15-23-8-11-26(41-3)12-9-23)27-13-10-25(20-28(27)37)35-32(40)29-7-6-19-42-29/h5-13,16,19-20,33H,4,14-15,17-18,21-22H2,1-3H3,(H,35,40)/b24-5-,34-16?. The molecule has 0 bridgehead atoms. The molecule has 2 aromatic carbocycles. The van der Waals surface area contributed by atoms with Gasteiger partial charge in [0.15, 0.2) is 5.76 Å². The van der Waals surface area contributed by atoms with Crippen LogP contribution in [-0.4, -0.2) is 57.2 Å². The lowest BCUT2D eigenvalue weighted by atomic mass is 10.1. The van der Waals surface area contributed by atoms with Gasteiger partial charge in [-0.25, -0.2) is 0 Å². The van der Waals surface area contributed by atoms with Crippen LogP contribution in [0.3, 0.4) is 0 Å². The molecule has 1 aliphatic rings. The van der Waals surface area contributed by atoms with E-state index in [1.165, 1.54) is 11.2 Å². The van der Waals surface area contributed by atoms with Crippen molar-refractivity contribution in [3.63, 3.8) is 0 Å². The molecule has 0 spiro atoms. The Bertz CT molecular complexity index is 1430. The average molecular weight is 572 g/mol. The molecule has 4 rings (SSSR count). The number of benzene rings is 2. The second-order valence-electron chi connectivity index (χ2n) is 9.68. The lowest BCUT2D eigenvalue weighted by Crippen LogP contribution is -2.50. The molecule has 0 fully saturated rings. The third kappa shape index (κ3) is 7.73. The van der Waals surface area contributed by atoms with Gasteiger partial charge < -0.3 is 24.7 Å². The van der Waals surface area contributed by atoms with Gasteiger partial charge in [-0.05, 0) is 67.8 Å². The predicted octanol–water partition coefficient (Wildman–Crippen LogP) is 4.83. The van der Waals surface area contributed by atoms with Crippen molar-refractivity contribution in [2.45, 2.75) is 33.1 Å². The lowest BCUT2D eigenvalue weighted by molar-refractivity contribution is -0.122. The number of amides is 3. The molecule has 1 aliphatic heterocycles. The molecule has 0 saturated carbocycles. The highest BCUT2D eigenvalue weighted by molar-refractivity contribution is 6.12. The van der Waals surface area contributed by atoms with Gasteiger partial charge in [0.2, 0.25) is 11.8 Å². The summed E-state index contributed by atoms with van der Waals surface area (Å²) < 4.78 is 10.4. The van der Waals surface area contributed by atoms with Gasteiger partial charge >= 0.3 is 0 Å². The molecule has 10 nitrogen and oxygen atoms in total. The summed E-state index contributed by atoms with van der Waals surface area (Å²) in [6, 6.07) is 16.1. The zero-order valence-corrected chi connectivity index (χ0v) is 24.3. The highest BCUT2D eigenvalue weighted by Crippen LogP contribution is 2.36. The van der Waals surface area contributed by atoms with E-state index in [0.717, 1.165) is 23.4 Å². The zero-order chi connectivity index (χ0) is 29.9. The fraction of sp³-hybridized carbons (Fsp3) is 0.312. The molecule has 42 heavy (non-hydrogen) atoms. The fourth-order valence-corrected chi connectivity index (χ4v) is 4.59. The van der Waals surface area contributed by atoms with Crippen LogP contribution in [0, 0.1) is 0 Å². The van der Waals surface area contributed by atoms with Crippen LogP contribution in [0.1, 0.15) is 42.8 Å². The Kier molecular flexibility index (Phi) is 10.7. The van der Waals surface area contributed by atoms with Crippen molar-refractivity contribution in [2.24, 2.45) is 4.99 Å². The summed E-state index contributed by atoms with van der Waals surface area (Å²) in [5, 5.41) is 5.99. The van der Waals surface area contributed by atoms with Gasteiger partial charge in [-0.15, -0.1) is 0 Å². The van der Waals surface area contributed by atoms with E-state index in [9.17, 15) is 14.4 Å². The average Bonchev–Trinajstić information content (AvgIpc) is 3.56. The molecule has 1 aromatic heterocycles. The number of nitrogens with zero attached hydrogens (tertiary/aromatic N) is 3. The Balaban J connectivity index is 1.51. The molecular weight excluding hydrogens is 534 g/mol. The quantitative estimate of drug-likeness (QED) is 0.224. The van der Waals surface area contributed by atoms with Crippen LogP contribution >= 0.6 is 0 Å². The number of methoxy groups -OCH3 is 1. The van der Waals surface area contributed by atoms with Crippen molar-refractivity contribution in [2.75, 3.05) is 48.4 Å². The number of aliphatic imine (C=N–C) groups is 1. The van der Waals surface area contributed by atoms with Crippen LogP contribution < -0.4 is 25.2 Å². The van der Waals surface area contributed by atoms with E-state index in [4.69, 9.17) is 9.15 Å². The number of hydrogen-bond donors (Lipinski definition) is 2. The van der Waals surface area contributed by atoms with E-state index in [0.29, 0.717) is 43.0 Å². The second-order valence-corrected chi connectivity index (χ2v) is 9.68. The molecular formula is C32H37N5O5. The van der Waals surface area contributed by atoms with Crippen molar-refractivity contribution in [3.05, 3.63) is 84.0 Å². The van der Waals surface area contributed by atoms with Gasteiger partial charge in [-0.1, -0.05) is 25.1 Å². The molecule has 2 N–H and O–H groups in total. The number of ether oxygens (including phenoxy) is 1. The van der Waals surface area contributed by atoms with Crippen molar-refractivity contribution in [1.29, 1.82) is 0 Å². The summed E-state index contributed by atoms with van der Waals surface area (Å²) in [4.78, 5) is 47.0. The number of carbonyl (C=O) groups is 3. The summed E-state index contributed by atoms with van der Waals surface area (Å²) >= 11 is 0. The van der Waals surface area contributed by atoms with E-state index >= 15 is 0 Å². The summed E-state index contributed by atoms with van der Waals surface area (Å²) in [5.41, 5.74) is 3.64. The number of anilines is 3. The van der Waals surface area contributed by atoms with Crippen LogP contribution in [0.2, 0.25) is 0 Å². The molecule has 10 heteroatoms. The number of rotatable bonds is 13. The third-order valence-electron chi connectivity index (χ3n) is 6.85. The minimum Gasteiger partial charge on any atom is -0.497 e. The third-order valence-corrected chi connectivity index (χ3v) is 6.85. The molecule has 220 valence electrons. The van der Waals surface area contributed by atoms with E-state index in [-0.39, 0.29) is 30.7 Å². The highest BCUT2D eigenvalue weighted by atomic mass is 16.5. The molecule has 3 amide bonds. The lowest BCUT2D eigenvalue weighted by Gasteiger charge is -2.36. The number of furan rings is 1.